The third-order valence-corrected chi connectivity index (χ3v) is 7.19. The first-order valence-electron chi connectivity index (χ1n) is 9.07. The lowest BCUT2D eigenvalue weighted by Crippen LogP contribution is -2.54. The fourth-order valence-electron chi connectivity index (χ4n) is 5.01. The molecule has 21 heavy (non-hydrogen) atoms. The second-order valence-electron chi connectivity index (χ2n) is 7.49. The first-order chi connectivity index (χ1) is 10.3. The van der Waals surface area contributed by atoms with Gasteiger partial charge in [0.05, 0.1) is 5.60 Å². The van der Waals surface area contributed by atoms with Crippen molar-refractivity contribution >= 4 is 11.8 Å². The summed E-state index contributed by atoms with van der Waals surface area (Å²) in [6, 6.07) is 2.29. The van der Waals surface area contributed by atoms with Gasteiger partial charge in [-0.15, -0.1) is 0 Å². The normalized spacial score (nSPS) is 40.3. The predicted molar refractivity (Wildman–Crippen MR) is 89.0 cm³/mol. The topological polar surface area (TPSA) is 24.5 Å². The highest BCUT2D eigenvalue weighted by atomic mass is 32.2. The van der Waals surface area contributed by atoms with Crippen molar-refractivity contribution < 1.29 is 4.74 Å². The molecule has 4 rings (SSSR count). The van der Waals surface area contributed by atoms with Crippen LogP contribution in [0.25, 0.3) is 0 Å². The minimum absolute atomic E-state index is 0.228. The van der Waals surface area contributed by atoms with Crippen LogP contribution in [-0.4, -0.2) is 59.8 Å². The zero-order valence-corrected chi connectivity index (χ0v) is 14.0. The van der Waals surface area contributed by atoms with E-state index in [-0.39, 0.29) is 5.60 Å². The molecule has 0 aromatic heterocycles. The van der Waals surface area contributed by atoms with Crippen LogP contribution in [0, 0.1) is 0 Å². The summed E-state index contributed by atoms with van der Waals surface area (Å²) in [5.74, 6) is 2.60. The monoisotopic (exact) mass is 310 g/mol. The van der Waals surface area contributed by atoms with Gasteiger partial charge in [0, 0.05) is 31.3 Å². The second-order valence-corrected chi connectivity index (χ2v) is 8.72. The number of thioether (sulfide) groups is 1. The molecule has 3 nitrogen and oxygen atoms in total. The van der Waals surface area contributed by atoms with Gasteiger partial charge in [-0.25, -0.2) is 0 Å². The number of nitrogens with zero attached hydrogens (tertiary/aromatic N) is 1. The minimum atomic E-state index is 0.228. The molecule has 0 saturated carbocycles. The van der Waals surface area contributed by atoms with E-state index in [1.165, 1.54) is 76.0 Å². The smallest absolute Gasteiger partial charge is 0.0713 e. The highest BCUT2D eigenvalue weighted by molar-refractivity contribution is 7.99. The van der Waals surface area contributed by atoms with Crippen LogP contribution < -0.4 is 5.32 Å². The first kappa shape index (κ1) is 14.8. The second kappa shape index (κ2) is 6.38. The molecule has 4 saturated heterocycles. The van der Waals surface area contributed by atoms with Gasteiger partial charge in [0.25, 0.3) is 0 Å². The van der Waals surface area contributed by atoms with Gasteiger partial charge >= 0.3 is 0 Å². The Morgan fingerprint density at radius 1 is 1.05 bits per heavy atom. The van der Waals surface area contributed by atoms with Crippen LogP contribution in [-0.2, 0) is 4.74 Å². The van der Waals surface area contributed by atoms with Crippen molar-refractivity contribution in [2.75, 3.05) is 31.2 Å². The summed E-state index contributed by atoms with van der Waals surface area (Å²) < 4.78 is 6.24. The van der Waals surface area contributed by atoms with Crippen molar-refractivity contribution in [3.63, 3.8) is 0 Å². The zero-order valence-electron chi connectivity index (χ0n) is 13.2. The molecular weight excluding hydrogens is 280 g/mol. The summed E-state index contributed by atoms with van der Waals surface area (Å²) in [6.07, 6.45) is 10.7. The molecule has 0 aromatic rings. The molecule has 3 atom stereocenters. The number of ether oxygens (including phenoxy) is 1. The number of piperidine rings is 1. The Morgan fingerprint density at radius 3 is 2.86 bits per heavy atom. The van der Waals surface area contributed by atoms with E-state index >= 15 is 0 Å². The first-order valence-corrected chi connectivity index (χ1v) is 10.2. The van der Waals surface area contributed by atoms with E-state index in [4.69, 9.17) is 4.74 Å². The van der Waals surface area contributed by atoms with Gasteiger partial charge in [-0.05, 0) is 63.0 Å². The van der Waals surface area contributed by atoms with Gasteiger partial charge in [-0.1, -0.05) is 6.42 Å². The molecule has 0 radical (unpaired) electrons. The van der Waals surface area contributed by atoms with Gasteiger partial charge in [0.15, 0.2) is 0 Å². The van der Waals surface area contributed by atoms with Crippen molar-refractivity contribution in [2.24, 2.45) is 0 Å². The average Bonchev–Trinajstić information content (AvgIpc) is 2.92. The third-order valence-electron chi connectivity index (χ3n) is 6.20. The molecule has 120 valence electrons. The Balaban J connectivity index is 1.36. The van der Waals surface area contributed by atoms with Crippen LogP contribution in [0.1, 0.15) is 51.4 Å². The highest BCUT2D eigenvalue weighted by Crippen LogP contribution is 2.38. The lowest BCUT2D eigenvalue weighted by molar-refractivity contribution is -0.0946. The molecule has 4 fully saturated rings. The molecule has 3 unspecified atom stereocenters. The molecule has 0 aromatic carbocycles. The molecule has 0 aliphatic carbocycles. The summed E-state index contributed by atoms with van der Waals surface area (Å²) in [5, 5.41) is 4.06. The standard InChI is InChI=1S/C17H30N2OS/c1-2-8-19-9-4-15(16(19)3-1)18-14-5-10-20-17(13-14)6-11-21-12-7-17/h14-16,18H,1-13H2. The maximum absolute atomic E-state index is 6.24. The van der Waals surface area contributed by atoms with Gasteiger partial charge in [-0.2, -0.15) is 11.8 Å². The van der Waals surface area contributed by atoms with Crippen LogP contribution >= 0.6 is 11.8 Å². The van der Waals surface area contributed by atoms with Gasteiger partial charge in [-0.3, -0.25) is 4.90 Å². The summed E-state index contributed by atoms with van der Waals surface area (Å²) in [7, 11) is 0. The molecule has 0 bridgehead atoms. The average molecular weight is 311 g/mol. The van der Waals surface area contributed by atoms with E-state index in [0.717, 1.165) is 18.7 Å². The van der Waals surface area contributed by atoms with E-state index < -0.39 is 0 Å². The summed E-state index contributed by atoms with van der Waals surface area (Å²) in [6.45, 7) is 3.65. The Bertz CT molecular complexity index is 353. The molecule has 1 N–H and O–H groups in total. The Morgan fingerprint density at radius 2 is 1.95 bits per heavy atom. The number of rotatable bonds is 2. The predicted octanol–water partition coefficient (Wildman–Crippen LogP) is 2.65. The fraction of sp³-hybridized carbons (Fsp3) is 1.00. The maximum Gasteiger partial charge on any atom is 0.0713 e. The Kier molecular flexibility index (Phi) is 4.50. The van der Waals surface area contributed by atoms with Gasteiger partial charge < -0.3 is 10.1 Å². The zero-order chi connectivity index (χ0) is 14.1. The van der Waals surface area contributed by atoms with Gasteiger partial charge in [0.1, 0.15) is 0 Å². The van der Waals surface area contributed by atoms with Crippen LogP contribution in [0.4, 0.5) is 0 Å². The summed E-state index contributed by atoms with van der Waals surface area (Å²) in [4.78, 5) is 2.74. The Labute approximate surface area is 133 Å². The van der Waals surface area contributed by atoms with Crippen molar-refractivity contribution in [1.82, 2.24) is 10.2 Å². The largest absolute Gasteiger partial charge is 0.375 e. The minimum Gasteiger partial charge on any atom is -0.375 e. The highest BCUT2D eigenvalue weighted by Gasteiger charge is 2.41. The van der Waals surface area contributed by atoms with Crippen LogP contribution in [0.5, 0.6) is 0 Å². The lowest BCUT2D eigenvalue weighted by Gasteiger charge is -2.44. The molecule has 4 aliphatic heterocycles. The fourth-order valence-corrected chi connectivity index (χ4v) is 6.24. The molecule has 0 amide bonds. The van der Waals surface area contributed by atoms with E-state index in [2.05, 4.69) is 22.0 Å². The number of hydrogen-bond donors (Lipinski definition) is 1. The van der Waals surface area contributed by atoms with E-state index in [9.17, 15) is 0 Å². The molecule has 1 spiro atoms. The number of nitrogens with one attached hydrogen (secondary N) is 1. The van der Waals surface area contributed by atoms with Crippen molar-refractivity contribution in [1.29, 1.82) is 0 Å². The van der Waals surface area contributed by atoms with Crippen LogP contribution in [0.15, 0.2) is 0 Å². The number of fused-ring (bicyclic) bond motifs is 1. The van der Waals surface area contributed by atoms with Crippen LogP contribution in [0.2, 0.25) is 0 Å². The van der Waals surface area contributed by atoms with E-state index in [1.54, 1.807) is 0 Å². The molecular formula is C17H30N2OS. The molecule has 4 heterocycles. The Hall–Kier alpha value is 0.230. The third kappa shape index (κ3) is 3.15. The van der Waals surface area contributed by atoms with Crippen molar-refractivity contribution in [3.05, 3.63) is 0 Å². The number of hydrogen-bond acceptors (Lipinski definition) is 4. The quantitative estimate of drug-likeness (QED) is 0.847. The van der Waals surface area contributed by atoms with E-state index in [0.29, 0.717) is 6.04 Å². The molecule has 4 aliphatic rings. The van der Waals surface area contributed by atoms with Crippen molar-refractivity contribution in [3.8, 4) is 0 Å². The lowest BCUT2D eigenvalue weighted by atomic mass is 9.85. The van der Waals surface area contributed by atoms with Crippen molar-refractivity contribution in [2.45, 2.75) is 75.1 Å². The van der Waals surface area contributed by atoms with Crippen LogP contribution in [0.3, 0.4) is 0 Å². The summed E-state index contributed by atoms with van der Waals surface area (Å²) in [5.41, 5.74) is 0.228. The summed E-state index contributed by atoms with van der Waals surface area (Å²) >= 11 is 2.10. The molecule has 4 heteroatoms. The maximum atomic E-state index is 6.24. The van der Waals surface area contributed by atoms with E-state index in [1.807, 2.05) is 0 Å². The SMILES string of the molecule is C1CCN2CCC(NC3CCOC4(CCSCC4)C3)C2C1. The van der Waals surface area contributed by atoms with Gasteiger partial charge in [0.2, 0.25) is 0 Å².